The van der Waals surface area contributed by atoms with Gasteiger partial charge in [-0.15, -0.1) is 0 Å². The Hall–Kier alpha value is -1.33. The lowest BCUT2D eigenvalue weighted by molar-refractivity contribution is 0.551. The molecule has 2 aromatic heterocycles. The minimum atomic E-state index is 0.636. The lowest BCUT2D eigenvalue weighted by Gasteiger charge is -2.21. The molecule has 1 N–H and O–H groups in total. The molecule has 2 rings (SSSR count). The van der Waals surface area contributed by atoms with E-state index in [4.69, 9.17) is 4.42 Å². The summed E-state index contributed by atoms with van der Waals surface area (Å²) < 4.78 is 6.13. The zero-order valence-corrected chi connectivity index (χ0v) is 14.4. The van der Waals surface area contributed by atoms with E-state index in [-0.39, 0.29) is 0 Å². The van der Waals surface area contributed by atoms with Crippen LogP contribution in [0.15, 0.2) is 39.7 Å². The third-order valence-electron chi connectivity index (χ3n) is 3.14. The topological polar surface area (TPSA) is 41.3 Å². The normalized spacial score (nSPS) is 11.1. The van der Waals surface area contributed by atoms with Crippen molar-refractivity contribution in [3.8, 4) is 0 Å². The molecule has 0 aliphatic carbocycles. The number of nitrogens with one attached hydrogen (secondary N) is 1. The molecular formula is C16H22BrN3O. The third kappa shape index (κ3) is 4.86. The van der Waals surface area contributed by atoms with E-state index in [2.05, 4.69) is 58.1 Å². The summed E-state index contributed by atoms with van der Waals surface area (Å²) in [4.78, 5) is 6.71. The van der Waals surface area contributed by atoms with Crippen LogP contribution in [0.25, 0.3) is 0 Å². The molecule has 0 aliphatic rings. The SMILES string of the molecule is CC(C)CNCc1cc(Br)cnc1N(C)Cc1ccoc1. The van der Waals surface area contributed by atoms with Gasteiger partial charge in [-0.25, -0.2) is 4.98 Å². The van der Waals surface area contributed by atoms with E-state index in [9.17, 15) is 0 Å². The summed E-state index contributed by atoms with van der Waals surface area (Å²) in [5.74, 6) is 1.63. The van der Waals surface area contributed by atoms with Crippen LogP contribution >= 0.6 is 15.9 Å². The van der Waals surface area contributed by atoms with E-state index >= 15 is 0 Å². The van der Waals surface area contributed by atoms with Crippen LogP contribution < -0.4 is 10.2 Å². The predicted molar refractivity (Wildman–Crippen MR) is 89.3 cm³/mol. The van der Waals surface area contributed by atoms with Gasteiger partial charge in [-0.05, 0) is 40.5 Å². The van der Waals surface area contributed by atoms with E-state index in [0.717, 1.165) is 35.5 Å². The summed E-state index contributed by atoms with van der Waals surface area (Å²) in [5.41, 5.74) is 2.33. The zero-order valence-electron chi connectivity index (χ0n) is 12.8. The smallest absolute Gasteiger partial charge is 0.133 e. The van der Waals surface area contributed by atoms with Crippen molar-refractivity contribution in [2.45, 2.75) is 26.9 Å². The molecule has 0 atom stereocenters. The fraction of sp³-hybridized carbons (Fsp3) is 0.438. The minimum Gasteiger partial charge on any atom is -0.472 e. The Morgan fingerprint density at radius 3 is 2.90 bits per heavy atom. The molecule has 5 heteroatoms. The van der Waals surface area contributed by atoms with Gasteiger partial charge in [-0.2, -0.15) is 0 Å². The highest BCUT2D eigenvalue weighted by molar-refractivity contribution is 9.10. The first kappa shape index (κ1) is 16.0. The fourth-order valence-corrected chi connectivity index (χ4v) is 2.55. The van der Waals surface area contributed by atoms with Crippen LogP contribution in [-0.2, 0) is 13.1 Å². The monoisotopic (exact) mass is 351 g/mol. The van der Waals surface area contributed by atoms with Crippen molar-refractivity contribution in [1.29, 1.82) is 0 Å². The summed E-state index contributed by atoms with van der Waals surface area (Å²) in [5, 5.41) is 3.48. The number of furan rings is 1. The van der Waals surface area contributed by atoms with Crippen LogP contribution in [0.2, 0.25) is 0 Å². The maximum Gasteiger partial charge on any atom is 0.133 e. The highest BCUT2D eigenvalue weighted by Gasteiger charge is 2.11. The number of pyridine rings is 1. The van der Waals surface area contributed by atoms with Gasteiger partial charge in [0.1, 0.15) is 5.82 Å². The first-order valence-electron chi connectivity index (χ1n) is 7.13. The Bertz CT molecular complexity index is 555. The Balaban J connectivity index is 2.09. The van der Waals surface area contributed by atoms with Crippen LogP contribution in [0.1, 0.15) is 25.0 Å². The van der Waals surface area contributed by atoms with Gasteiger partial charge in [0, 0.05) is 41.9 Å². The maximum absolute atomic E-state index is 5.12. The molecule has 2 heterocycles. The van der Waals surface area contributed by atoms with Crippen molar-refractivity contribution in [1.82, 2.24) is 10.3 Å². The standard InChI is InChI=1S/C16H22BrN3O/c1-12(2)7-18-8-14-6-15(17)9-19-16(14)20(3)10-13-4-5-21-11-13/h4-6,9,11-12,18H,7-8,10H2,1-3H3. The maximum atomic E-state index is 5.12. The van der Waals surface area contributed by atoms with Crippen molar-refractivity contribution in [2.24, 2.45) is 5.92 Å². The lowest BCUT2D eigenvalue weighted by atomic mass is 10.2. The number of aromatic nitrogens is 1. The Morgan fingerprint density at radius 2 is 2.24 bits per heavy atom. The molecule has 0 unspecified atom stereocenters. The molecule has 0 amide bonds. The summed E-state index contributed by atoms with van der Waals surface area (Å²) in [7, 11) is 2.05. The van der Waals surface area contributed by atoms with Crippen molar-refractivity contribution >= 4 is 21.7 Å². The van der Waals surface area contributed by atoms with Gasteiger partial charge in [0.05, 0.1) is 12.5 Å². The molecule has 0 aromatic carbocycles. The molecule has 0 saturated heterocycles. The van der Waals surface area contributed by atoms with Gasteiger partial charge in [0.2, 0.25) is 0 Å². The molecule has 0 aliphatic heterocycles. The molecule has 0 saturated carbocycles. The largest absolute Gasteiger partial charge is 0.472 e. The van der Waals surface area contributed by atoms with Gasteiger partial charge < -0.3 is 14.6 Å². The Morgan fingerprint density at radius 1 is 1.43 bits per heavy atom. The third-order valence-corrected chi connectivity index (χ3v) is 3.57. The van der Waals surface area contributed by atoms with Gasteiger partial charge in [0.25, 0.3) is 0 Å². The van der Waals surface area contributed by atoms with Crippen LogP contribution in [0.5, 0.6) is 0 Å². The van der Waals surface area contributed by atoms with Gasteiger partial charge >= 0.3 is 0 Å². The quantitative estimate of drug-likeness (QED) is 0.823. The second kappa shape index (κ2) is 7.61. The van der Waals surface area contributed by atoms with Crippen molar-refractivity contribution < 1.29 is 4.42 Å². The molecule has 0 bridgehead atoms. The number of hydrogen-bond acceptors (Lipinski definition) is 4. The average molecular weight is 352 g/mol. The van der Waals surface area contributed by atoms with Crippen molar-refractivity contribution in [3.63, 3.8) is 0 Å². The van der Waals surface area contributed by atoms with Crippen LogP contribution in [-0.4, -0.2) is 18.6 Å². The molecule has 4 nitrogen and oxygen atoms in total. The van der Waals surface area contributed by atoms with Gasteiger partial charge in [-0.3, -0.25) is 0 Å². The van der Waals surface area contributed by atoms with E-state index in [1.807, 2.05) is 12.3 Å². The molecule has 21 heavy (non-hydrogen) atoms. The summed E-state index contributed by atoms with van der Waals surface area (Å²) in [6.45, 7) is 7.01. The number of halogens is 1. The molecule has 0 fully saturated rings. The first-order valence-corrected chi connectivity index (χ1v) is 7.93. The predicted octanol–water partition coefficient (Wildman–Crippen LogP) is 3.82. The van der Waals surface area contributed by atoms with E-state index in [1.54, 1.807) is 12.5 Å². The number of hydrogen-bond donors (Lipinski definition) is 1. The molecule has 114 valence electrons. The lowest BCUT2D eigenvalue weighted by Crippen LogP contribution is -2.23. The van der Waals surface area contributed by atoms with E-state index in [1.165, 1.54) is 5.56 Å². The second-order valence-corrected chi connectivity index (χ2v) is 6.56. The summed E-state index contributed by atoms with van der Waals surface area (Å²) >= 11 is 3.50. The van der Waals surface area contributed by atoms with Gasteiger partial charge in [-0.1, -0.05) is 13.8 Å². The van der Waals surface area contributed by atoms with E-state index in [0.29, 0.717) is 5.92 Å². The van der Waals surface area contributed by atoms with Crippen LogP contribution in [0.3, 0.4) is 0 Å². The van der Waals surface area contributed by atoms with Crippen LogP contribution in [0.4, 0.5) is 5.82 Å². The molecule has 0 spiro atoms. The first-order chi connectivity index (χ1) is 10.1. The number of rotatable bonds is 7. The zero-order chi connectivity index (χ0) is 15.2. The Kier molecular flexibility index (Phi) is 5.82. The molecule has 2 aromatic rings. The minimum absolute atomic E-state index is 0.636. The fourth-order valence-electron chi connectivity index (χ4n) is 2.17. The molecule has 0 radical (unpaired) electrons. The highest BCUT2D eigenvalue weighted by atomic mass is 79.9. The van der Waals surface area contributed by atoms with Crippen molar-refractivity contribution in [2.75, 3.05) is 18.5 Å². The number of nitrogens with zero attached hydrogens (tertiary/aromatic N) is 2. The number of anilines is 1. The van der Waals surface area contributed by atoms with Crippen molar-refractivity contribution in [3.05, 3.63) is 46.5 Å². The highest BCUT2D eigenvalue weighted by Crippen LogP contribution is 2.22. The summed E-state index contributed by atoms with van der Waals surface area (Å²) in [6.07, 6.45) is 5.31. The van der Waals surface area contributed by atoms with Crippen LogP contribution in [0, 0.1) is 5.92 Å². The van der Waals surface area contributed by atoms with Gasteiger partial charge in [0.15, 0.2) is 0 Å². The molecular weight excluding hydrogens is 330 g/mol. The average Bonchev–Trinajstić information content (AvgIpc) is 2.91. The second-order valence-electron chi connectivity index (χ2n) is 5.65. The Labute approximate surface area is 134 Å². The summed E-state index contributed by atoms with van der Waals surface area (Å²) in [6, 6.07) is 4.10. The van der Waals surface area contributed by atoms with E-state index < -0.39 is 0 Å².